The maximum Gasteiger partial charge on any atom is 0.573 e. The van der Waals surface area contributed by atoms with Crippen LogP contribution in [0.25, 0.3) is 11.3 Å². The first-order valence-electron chi connectivity index (χ1n) is 8.35. The lowest BCUT2D eigenvalue weighted by atomic mass is 10.1. The van der Waals surface area contributed by atoms with Crippen molar-refractivity contribution in [2.24, 2.45) is 5.73 Å². The molecule has 0 radical (unpaired) electrons. The zero-order valence-corrected chi connectivity index (χ0v) is 14.8. The van der Waals surface area contributed by atoms with Gasteiger partial charge in [0.25, 0.3) is 0 Å². The van der Waals surface area contributed by atoms with Gasteiger partial charge < -0.3 is 15.8 Å². The maximum absolute atomic E-state index is 14.0. The number of hydrogen-bond donors (Lipinski definition) is 2. The number of hydrogen-bond acceptors (Lipinski definition) is 5. The Hall–Kier alpha value is -3.27. The molecular formula is C19H15F5N4O. The monoisotopic (exact) mass is 410 g/mol. The van der Waals surface area contributed by atoms with Crippen molar-refractivity contribution in [1.82, 2.24) is 9.97 Å². The molecule has 0 aliphatic carbocycles. The molecule has 152 valence electrons. The van der Waals surface area contributed by atoms with Crippen molar-refractivity contribution >= 4 is 5.82 Å². The van der Waals surface area contributed by atoms with Crippen molar-refractivity contribution in [3.63, 3.8) is 0 Å². The Bertz CT molecular complexity index is 979. The van der Waals surface area contributed by atoms with E-state index >= 15 is 0 Å². The van der Waals surface area contributed by atoms with Crippen LogP contribution < -0.4 is 15.8 Å². The number of ether oxygens (including phenoxy) is 1. The highest BCUT2D eigenvalue weighted by Crippen LogP contribution is 2.29. The Labute approximate surface area is 162 Å². The smallest absolute Gasteiger partial charge is 0.403 e. The molecule has 0 bridgehead atoms. The third-order valence-corrected chi connectivity index (χ3v) is 3.95. The van der Waals surface area contributed by atoms with Gasteiger partial charge in [-0.15, -0.1) is 13.2 Å². The van der Waals surface area contributed by atoms with Gasteiger partial charge in [0.15, 0.2) is 11.6 Å². The largest absolute Gasteiger partial charge is 0.573 e. The van der Waals surface area contributed by atoms with E-state index in [1.807, 2.05) is 0 Å². The summed E-state index contributed by atoms with van der Waals surface area (Å²) in [5.74, 6) is -2.15. The number of alkyl halides is 3. The molecule has 10 heteroatoms. The molecule has 3 N–H and O–H groups in total. The van der Waals surface area contributed by atoms with E-state index < -0.39 is 17.9 Å². The number of nitrogens with zero attached hydrogens (tertiary/aromatic N) is 2. The number of benzene rings is 2. The maximum atomic E-state index is 14.0. The van der Waals surface area contributed by atoms with Crippen molar-refractivity contribution in [3.8, 4) is 17.0 Å². The summed E-state index contributed by atoms with van der Waals surface area (Å²) in [7, 11) is 0. The first-order valence-corrected chi connectivity index (χ1v) is 8.35. The highest BCUT2D eigenvalue weighted by atomic mass is 19.4. The molecule has 0 saturated carbocycles. The Balaban J connectivity index is 1.82. The number of halogens is 5. The first-order chi connectivity index (χ1) is 13.7. The van der Waals surface area contributed by atoms with E-state index in [0.29, 0.717) is 5.82 Å². The van der Waals surface area contributed by atoms with Gasteiger partial charge >= 0.3 is 6.36 Å². The Kier molecular flexibility index (Phi) is 5.92. The third kappa shape index (κ3) is 5.38. The molecule has 5 nitrogen and oxygen atoms in total. The summed E-state index contributed by atoms with van der Waals surface area (Å²) in [5, 5.41) is 3.07. The third-order valence-electron chi connectivity index (χ3n) is 3.95. The molecule has 3 rings (SSSR count). The number of anilines is 1. The average molecular weight is 410 g/mol. The van der Waals surface area contributed by atoms with Crippen molar-refractivity contribution in [2.75, 3.05) is 11.9 Å². The van der Waals surface area contributed by atoms with Gasteiger partial charge in [-0.05, 0) is 35.9 Å². The van der Waals surface area contributed by atoms with Gasteiger partial charge in [-0.1, -0.05) is 12.1 Å². The first kappa shape index (κ1) is 20.5. The fourth-order valence-electron chi connectivity index (χ4n) is 2.61. The molecule has 0 amide bonds. The zero-order valence-electron chi connectivity index (χ0n) is 14.8. The SMILES string of the molecule is NC[C@H](Nc1cc(-c2ccc(OC(F)(F)F)c(F)c2)ncn1)c1ccc(F)cc1. The molecule has 0 spiro atoms. The van der Waals surface area contributed by atoms with E-state index in [2.05, 4.69) is 20.0 Å². The Morgan fingerprint density at radius 2 is 1.72 bits per heavy atom. The standard InChI is InChI=1S/C19H15F5N4O/c20-13-4-1-11(2-5-13)16(9-25)28-18-8-15(26-10-27-18)12-3-6-17(14(21)7-12)29-19(22,23)24/h1-8,10,16H,9,25H2,(H,26,27,28)/t16-/m0/s1. The van der Waals surface area contributed by atoms with E-state index in [-0.39, 0.29) is 29.7 Å². The van der Waals surface area contributed by atoms with Crippen LogP contribution in [0.2, 0.25) is 0 Å². The van der Waals surface area contributed by atoms with Gasteiger partial charge in [0.1, 0.15) is 18.0 Å². The summed E-state index contributed by atoms with van der Waals surface area (Å²) in [5.41, 5.74) is 7.01. The second kappa shape index (κ2) is 8.39. The van der Waals surface area contributed by atoms with Crippen LogP contribution in [0, 0.1) is 11.6 Å². The minimum atomic E-state index is -4.99. The zero-order chi connectivity index (χ0) is 21.0. The van der Waals surface area contributed by atoms with Crippen LogP contribution in [-0.4, -0.2) is 22.9 Å². The second-order valence-electron chi connectivity index (χ2n) is 5.97. The fourth-order valence-corrected chi connectivity index (χ4v) is 2.61. The van der Waals surface area contributed by atoms with E-state index in [4.69, 9.17) is 5.73 Å². The lowest BCUT2D eigenvalue weighted by Gasteiger charge is -2.18. The van der Waals surface area contributed by atoms with Gasteiger partial charge in [-0.3, -0.25) is 0 Å². The number of nitrogens with two attached hydrogens (primary N) is 1. The van der Waals surface area contributed by atoms with E-state index in [1.54, 1.807) is 12.1 Å². The second-order valence-corrected chi connectivity index (χ2v) is 5.97. The molecule has 0 unspecified atom stereocenters. The van der Waals surface area contributed by atoms with E-state index in [1.165, 1.54) is 30.6 Å². The van der Waals surface area contributed by atoms with Gasteiger partial charge in [0, 0.05) is 18.2 Å². The quantitative estimate of drug-likeness (QED) is 0.588. The van der Waals surface area contributed by atoms with Crippen molar-refractivity contribution in [3.05, 3.63) is 72.1 Å². The Morgan fingerprint density at radius 3 is 2.34 bits per heavy atom. The lowest BCUT2D eigenvalue weighted by molar-refractivity contribution is -0.275. The molecular weight excluding hydrogens is 395 g/mol. The summed E-state index contributed by atoms with van der Waals surface area (Å²) >= 11 is 0. The van der Waals surface area contributed by atoms with E-state index in [0.717, 1.165) is 17.7 Å². The minimum absolute atomic E-state index is 0.184. The van der Waals surface area contributed by atoms with Gasteiger partial charge in [0.05, 0.1) is 11.7 Å². The van der Waals surface area contributed by atoms with Gasteiger partial charge in [-0.25, -0.2) is 18.7 Å². The summed E-state index contributed by atoms with van der Waals surface area (Å²) in [6, 6.07) is 9.88. The molecule has 2 aromatic carbocycles. The van der Waals surface area contributed by atoms with Crippen LogP contribution in [0.15, 0.2) is 54.9 Å². The van der Waals surface area contributed by atoms with Gasteiger partial charge in [-0.2, -0.15) is 0 Å². The number of nitrogens with one attached hydrogen (secondary N) is 1. The molecule has 1 heterocycles. The van der Waals surface area contributed by atoms with Crippen LogP contribution in [0.4, 0.5) is 27.8 Å². The number of rotatable bonds is 6. The summed E-state index contributed by atoms with van der Waals surface area (Å²) < 4.78 is 67.5. The molecule has 29 heavy (non-hydrogen) atoms. The van der Waals surface area contributed by atoms with E-state index in [9.17, 15) is 22.0 Å². The van der Waals surface area contributed by atoms with Gasteiger partial charge in [0.2, 0.25) is 0 Å². The molecule has 1 aromatic heterocycles. The molecule has 1 atom stereocenters. The summed E-state index contributed by atoms with van der Waals surface area (Å²) in [4.78, 5) is 8.08. The average Bonchev–Trinajstić information content (AvgIpc) is 2.68. The fraction of sp³-hybridized carbons (Fsp3) is 0.158. The van der Waals surface area contributed by atoms with Crippen LogP contribution in [-0.2, 0) is 0 Å². The molecule has 0 saturated heterocycles. The topological polar surface area (TPSA) is 73.1 Å². The summed E-state index contributed by atoms with van der Waals surface area (Å²) in [6.45, 7) is 0.184. The normalized spacial score (nSPS) is 12.5. The highest BCUT2D eigenvalue weighted by molar-refractivity contribution is 5.63. The van der Waals surface area contributed by atoms with Crippen LogP contribution in [0.3, 0.4) is 0 Å². The Morgan fingerprint density at radius 1 is 1.00 bits per heavy atom. The van der Waals surface area contributed by atoms with Crippen LogP contribution in [0.1, 0.15) is 11.6 Å². The van der Waals surface area contributed by atoms with Crippen LogP contribution >= 0.6 is 0 Å². The molecule has 0 aliphatic rings. The summed E-state index contributed by atoms with van der Waals surface area (Å²) in [6.07, 6.45) is -3.78. The minimum Gasteiger partial charge on any atom is -0.403 e. The van der Waals surface area contributed by atoms with Crippen LogP contribution in [0.5, 0.6) is 5.75 Å². The predicted octanol–water partition coefficient (Wildman–Crippen LogP) is 4.43. The van der Waals surface area contributed by atoms with Crippen molar-refractivity contribution < 1.29 is 26.7 Å². The molecule has 3 aromatic rings. The highest BCUT2D eigenvalue weighted by Gasteiger charge is 2.32. The van der Waals surface area contributed by atoms with Crippen molar-refractivity contribution in [2.45, 2.75) is 12.4 Å². The predicted molar refractivity (Wildman–Crippen MR) is 95.9 cm³/mol. The molecule has 0 fully saturated rings. The van der Waals surface area contributed by atoms with Crippen molar-refractivity contribution in [1.29, 1.82) is 0 Å². The number of aromatic nitrogens is 2. The lowest BCUT2D eigenvalue weighted by Crippen LogP contribution is -2.21. The molecule has 0 aliphatic heterocycles.